The van der Waals surface area contributed by atoms with Crippen molar-refractivity contribution in [3.05, 3.63) is 22.8 Å². The Morgan fingerprint density at radius 3 is 2.89 bits per heavy atom. The van der Waals surface area contributed by atoms with Crippen molar-refractivity contribution in [2.24, 2.45) is 5.73 Å². The molecule has 1 fully saturated rings. The van der Waals surface area contributed by atoms with Crippen LogP contribution in [-0.4, -0.2) is 30.3 Å². The van der Waals surface area contributed by atoms with Gasteiger partial charge in [0.05, 0.1) is 10.6 Å². The molecular weight excluding hydrogens is 306 g/mol. The largest absolute Gasteiger partial charge is 0.378 e. The molecular formula is C14H22BrN3O. The Hall–Kier alpha value is -0.650. The smallest absolute Gasteiger partial charge is 0.140 e. The van der Waals surface area contributed by atoms with E-state index in [0.717, 1.165) is 55.5 Å². The van der Waals surface area contributed by atoms with E-state index in [4.69, 9.17) is 10.5 Å². The Morgan fingerprint density at radius 2 is 2.16 bits per heavy atom. The summed E-state index contributed by atoms with van der Waals surface area (Å²) in [6.07, 6.45) is 7.62. The van der Waals surface area contributed by atoms with Crippen LogP contribution >= 0.6 is 15.9 Å². The van der Waals surface area contributed by atoms with Gasteiger partial charge in [0, 0.05) is 25.4 Å². The van der Waals surface area contributed by atoms with Gasteiger partial charge in [0.2, 0.25) is 0 Å². The molecule has 1 aromatic heterocycles. The molecule has 0 atom stereocenters. The predicted octanol–water partition coefficient (Wildman–Crippen LogP) is 2.93. The number of nitrogens with one attached hydrogen (secondary N) is 1. The normalized spacial score (nSPS) is 23.3. The van der Waals surface area contributed by atoms with E-state index < -0.39 is 0 Å². The monoisotopic (exact) mass is 327 g/mol. The summed E-state index contributed by atoms with van der Waals surface area (Å²) < 4.78 is 6.87. The van der Waals surface area contributed by atoms with Gasteiger partial charge < -0.3 is 15.8 Å². The first-order valence-corrected chi connectivity index (χ1v) is 7.76. The Kier molecular flexibility index (Phi) is 6.07. The van der Waals surface area contributed by atoms with Crippen LogP contribution in [0.25, 0.3) is 0 Å². The summed E-state index contributed by atoms with van der Waals surface area (Å²) in [5.41, 5.74) is 5.87. The minimum absolute atomic E-state index is 0.392. The second kappa shape index (κ2) is 7.82. The summed E-state index contributed by atoms with van der Waals surface area (Å²) >= 11 is 3.47. The van der Waals surface area contributed by atoms with E-state index >= 15 is 0 Å². The second-order valence-electron chi connectivity index (χ2n) is 5.02. The molecule has 0 spiro atoms. The Balaban J connectivity index is 1.56. The fourth-order valence-corrected chi connectivity index (χ4v) is 2.70. The molecule has 3 N–H and O–H groups in total. The number of halogens is 1. The summed E-state index contributed by atoms with van der Waals surface area (Å²) in [6.45, 7) is 1.68. The lowest BCUT2D eigenvalue weighted by Crippen LogP contribution is -2.30. The third-order valence-corrected chi connectivity index (χ3v) is 4.08. The lowest BCUT2D eigenvalue weighted by Gasteiger charge is -2.26. The maximum Gasteiger partial charge on any atom is 0.140 e. The van der Waals surface area contributed by atoms with Crippen molar-refractivity contribution in [1.82, 2.24) is 4.98 Å². The molecule has 2 rings (SSSR count). The zero-order valence-electron chi connectivity index (χ0n) is 11.1. The first-order chi connectivity index (χ1) is 9.25. The van der Waals surface area contributed by atoms with Crippen LogP contribution < -0.4 is 11.1 Å². The lowest BCUT2D eigenvalue weighted by atomic mass is 9.94. The molecule has 0 amide bonds. The fourth-order valence-electron chi connectivity index (χ4n) is 2.30. The van der Waals surface area contributed by atoms with E-state index in [9.17, 15) is 0 Å². The highest BCUT2D eigenvalue weighted by molar-refractivity contribution is 9.10. The first kappa shape index (κ1) is 14.8. The van der Waals surface area contributed by atoms with E-state index in [0.29, 0.717) is 12.1 Å². The van der Waals surface area contributed by atoms with E-state index in [1.54, 1.807) is 6.20 Å². The zero-order valence-corrected chi connectivity index (χ0v) is 12.7. The number of pyridine rings is 1. The van der Waals surface area contributed by atoms with Gasteiger partial charge in [-0.3, -0.25) is 0 Å². The molecule has 1 aliphatic carbocycles. The number of nitrogens with two attached hydrogens (primary N) is 1. The fraction of sp³-hybridized carbons (Fsp3) is 0.643. The maximum atomic E-state index is 5.87. The van der Waals surface area contributed by atoms with Crippen molar-refractivity contribution in [2.75, 3.05) is 18.5 Å². The van der Waals surface area contributed by atoms with Gasteiger partial charge in [-0.2, -0.15) is 0 Å². The number of anilines is 1. The number of aromatic nitrogens is 1. The number of ether oxygens (including phenoxy) is 1. The van der Waals surface area contributed by atoms with Gasteiger partial charge in [-0.1, -0.05) is 0 Å². The van der Waals surface area contributed by atoms with Gasteiger partial charge in [-0.25, -0.2) is 4.98 Å². The molecule has 0 saturated heterocycles. The van der Waals surface area contributed by atoms with E-state index in [1.807, 2.05) is 12.1 Å². The Labute approximate surface area is 123 Å². The highest BCUT2D eigenvalue weighted by Crippen LogP contribution is 2.20. The Morgan fingerprint density at radius 1 is 1.37 bits per heavy atom. The maximum absolute atomic E-state index is 5.87. The number of hydrogen-bond acceptors (Lipinski definition) is 4. The standard InChI is InChI=1S/C14H22BrN3O/c15-13-3-1-8-17-14(13)18-9-2-10-19-12-6-4-11(16)5-7-12/h1,3,8,11-12H,2,4-7,9-10,16H2,(H,17,18). The number of nitrogens with zero attached hydrogens (tertiary/aromatic N) is 1. The zero-order chi connectivity index (χ0) is 13.5. The number of rotatable bonds is 6. The molecule has 5 heteroatoms. The summed E-state index contributed by atoms with van der Waals surface area (Å²) in [6, 6.07) is 4.28. The predicted molar refractivity (Wildman–Crippen MR) is 81.2 cm³/mol. The summed E-state index contributed by atoms with van der Waals surface area (Å²) in [5, 5.41) is 3.30. The molecule has 1 aliphatic rings. The van der Waals surface area contributed by atoms with Crippen molar-refractivity contribution in [1.29, 1.82) is 0 Å². The topological polar surface area (TPSA) is 60.2 Å². The highest BCUT2D eigenvalue weighted by Gasteiger charge is 2.18. The summed E-state index contributed by atoms with van der Waals surface area (Å²) in [7, 11) is 0. The first-order valence-electron chi connectivity index (χ1n) is 6.97. The molecule has 4 nitrogen and oxygen atoms in total. The minimum atomic E-state index is 0.392. The molecule has 0 aromatic carbocycles. The third-order valence-electron chi connectivity index (χ3n) is 3.44. The number of hydrogen-bond donors (Lipinski definition) is 2. The highest BCUT2D eigenvalue weighted by atomic mass is 79.9. The summed E-state index contributed by atoms with van der Waals surface area (Å²) in [4.78, 5) is 4.26. The third kappa shape index (κ3) is 5.09. The molecule has 0 unspecified atom stereocenters. The van der Waals surface area contributed by atoms with Gasteiger partial charge >= 0.3 is 0 Å². The molecule has 1 aromatic rings. The van der Waals surface area contributed by atoms with Crippen molar-refractivity contribution in [2.45, 2.75) is 44.2 Å². The van der Waals surface area contributed by atoms with Crippen LogP contribution in [0.5, 0.6) is 0 Å². The van der Waals surface area contributed by atoms with Crippen molar-refractivity contribution >= 4 is 21.7 Å². The average molecular weight is 328 g/mol. The molecule has 19 heavy (non-hydrogen) atoms. The van der Waals surface area contributed by atoms with E-state index in [1.165, 1.54) is 0 Å². The van der Waals surface area contributed by atoms with Gasteiger partial charge in [-0.15, -0.1) is 0 Å². The van der Waals surface area contributed by atoms with Crippen molar-refractivity contribution < 1.29 is 4.74 Å². The van der Waals surface area contributed by atoms with Gasteiger partial charge in [0.15, 0.2) is 0 Å². The van der Waals surface area contributed by atoms with Crippen LogP contribution in [0.3, 0.4) is 0 Å². The van der Waals surface area contributed by atoms with Crippen LogP contribution in [0.1, 0.15) is 32.1 Å². The van der Waals surface area contributed by atoms with Crippen molar-refractivity contribution in [3.63, 3.8) is 0 Å². The molecule has 0 aliphatic heterocycles. The minimum Gasteiger partial charge on any atom is -0.378 e. The van der Waals surface area contributed by atoms with Crippen molar-refractivity contribution in [3.8, 4) is 0 Å². The molecule has 1 heterocycles. The average Bonchev–Trinajstić information content (AvgIpc) is 2.42. The lowest BCUT2D eigenvalue weighted by molar-refractivity contribution is 0.0251. The van der Waals surface area contributed by atoms with Crippen LogP contribution in [-0.2, 0) is 4.74 Å². The van der Waals surface area contributed by atoms with E-state index in [2.05, 4.69) is 26.2 Å². The molecule has 106 valence electrons. The van der Waals surface area contributed by atoms with Crippen LogP contribution in [0.4, 0.5) is 5.82 Å². The van der Waals surface area contributed by atoms with E-state index in [-0.39, 0.29) is 0 Å². The molecule has 0 radical (unpaired) electrons. The van der Waals surface area contributed by atoms with Gasteiger partial charge in [-0.05, 0) is 60.2 Å². The second-order valence-corrected chi connectivity index (χ2v) is 5.88. The van der Waals surface area contributed by atoms with Gasteiger partial charge in [0.25, 0.3) is 0 Å². The summed E-state index contributed by atoms with van der Waals surface area (Å²) in [5.74, 6) is 0.895. The SMILES string of the molecule is NC1CCC(OCCCNc2ncccc2Br)CC1. The molecule has 0 bridgehead atoms. The van der Waals surface area contributed by atoms with Gasteiger partial charge in [0.1, 0.15) is 5.82 Å². The molecule has 1 saturated carbocycles. The Bertz CT molecular complexity index is 381. The van der Waals surface area contributed by atoms with Crippen LogP contribution in [0, 0.1) is 0 Å². The van der Waals surface area contributed by atoms with Crippen LogP contribution in [0.15, 0.2) is 22.8 Å². The van der Waals surface area contributed by atoms with Crippen LogP contribution in [0.2, 0.25) is 0 Å². The quantitative estimate of drug-likeness (QED) is 0.788.